The third-order valence-electron chi connectivity index (χ3n) is 5.53. The van der Waals surface area contributed by atoms with Crippen LogP contribution >= 0.6 is 15.9 Å². The van der Waals surface area contributed by atoms with E-state index in [1.165, 1.54) is 0 Å². The number of para-hydroxylation sites is 1. The van der Waals surface area contributed by atoms with Crippen LogP contribution < -0.4 is 25.1 Å². The van der Waals surface area contributed by atoms with Gasteiger partial charge in [-0.2, -0.15) is 0 Å². The highest BCUT2D eigenvalue weighted by Gasteiger charge is 2.24. The zero-order valence-electron chi connectivity index (χ0n) is 20.4. The fourth-order valence-corrected chi connectivity index (χ4v) is 5.67. The van der Waals surface area contributed by atoms with Gasteiger partial charge in [0.2, 0.25) is 16.3 Å². The number of allylic oxidation sites excluding steroid dienone is 1. The van der Waals surface area contributed by atoms with E-state index in [1.807, 2.05) is 18.2 Å². The Balaban J connectivity index is 1.61. The second kappa shape index (κ2) is 11.5. The molecule has 2 aromatic carbocycles. The Morgan fingerprint density at radius 1 is 1.14 bits per heavy atom. The van der Waals surface area contributed by atoms with Crippen LogP contribution in [0.2, 0.25) is 0 Å². The summed E-state index contributed by atoms with van der Waals surface area (Å²) in [5.41, 5.74) is 5.43. The average Bonchev–Trinajstić information content (AvgIpc) is 2.85. The molecular weight excluding hydrogens is 548 g/mol. The number of rotatable bonds is 9. The third kappa shape index (κ3) is 6.30. The topological polar surface area (TPSA) is 108 Å². The van der Waals surface area contributed by atoms with Gasteiger partial charge in [0.15, 0.2) is 0 Å². The molecule has 1 fully saturated rings. The maximum Gasteiger partial charge on any atom is 0.242 e. The van der Waals surface area contributed by atoms with Crippen LogP contribution in [0.3, 0.4) is 0 Å². The van der Waals surface area contributed by atoms with Crippen molar-refractivity contribution in [2.24, 2.45) is 4.99 Å². The molecule has 4 rings (SSSR count). The Kier molecular flexibility index (Phi) is 8.39. The minimum atomic E-state index is -3.73. The fraction of sp³-hybridized carbons (Fsp3) is 0.375. The van der Waals surface area contributed by atoms with Gasteiger partial charge in [-0.15, -0.1) is 0 Å². The number of morpholine rings is 1. The van der Waals surface area contributed by atoms with E-state index in [0.29, 0.717) is 24.7 Å². The largest absolute Gasteiger partial charge is 0.495 e. The summed E-state index contributed by atoms with van der Waals surface area (Å²) in [6.45, 7) is 6.56. The Morgan fingerprint density at radius 3 is 2.61 bits per heavy atom. The highest BCUT2D eigenvalue weighted by Crippen LogP contribution is 2.32. The zero-order valence-corrected chi connectivity index (χ0v) is 22.8. The second-order valence-corrected chi connectivity index (χ2v) is 11.2. The number of halogens is 1. The van der Waals surface area contributed by atoms with Crippen molar-refractivity contribution in [3.05, 3.63) is 53.1 Å². The van der Waals surface area contributed by atoms with Crippen LogP contribution in [-0.2, 0) is 14.8 Å². The van der Waals surface area contributed by atoms with Crippen LogP contribution in [0.15, 0.2) is 63.0 Å². The normalized spacial score (nSPS) is 18.2. The molecular formula is C24H31BrN6O4S. The number of benzene rings is 2. The third-order valence-corrected chi connectivity index (χ3v) is 7.65. The quantitative estimate of drug-likeness (QED) is 0.414. The molecule has 3 N–H and O–H groups in total. The van der Waals surface area contributed by atoms with Gasteiger partial charge in [0, 0.05) is 37.2 Å². The maximum absolute atomic E-state index is 12.9. The minimum absolute atomic E-state index is 0.142. The van der Waals surface area contributed by atoms with E-state index in [9.17, 15) is 8.42 Å². The molecule has 1 saturated heterocycles. The number of nitrogens with zero attached hydrogens (tertiary/aromatic N) is 3. The fourth-order valence-electron chi connectivity index (χ4n) is 3.92. The Labute approximate surface area is 220 Å². The lowest BCUT2D eigenvalue weighted by Gasteiger charge is -2.34. The number of hydrogen-bond donors (Lipinski definition) is 3. The molecule has 0 aliphatic carbocycles. The van der Waals surface area contributed by atoms with Crippen LogP contribution in [0.5, 0.6) is 5.75 Å². The summed E-state index contributed by atoms with van der Waals surface area (Å²) in [5.74, 6) is 0.667. The summed E-state index contributed by atoms with van der Waals surface area (Å²) in [6, 6.07) is 12.5. The van der Waals surface area contributed by atoms with E-state index in [0.717, 1.165) is 28.9 Å². The lowest BCUT2D eigenvalue weighted by atomic mass is 10.2. The summed E-state index contributed by atoms with van der Waals surface area (Å²) < 4.78 is 40.3. The van der Waals surface area contributed by atoms with E-state index in [-0.39, 0.29) is 10.9 Å². The number of ether oxygens (including phenoxy) is 2. The number of methoxy groups -OCH3 is 1. The van der Waals surface area contributed by atoms with Crippen molar-refractivity contribution in [2.75, 3.05) is 49.1 Å². The van der Waals surface area contributed by atoms with Gasteiger partial charge in [-0.05, 0) is 60.1 Å². The van der Waals surface area contributed by atoms with Crippen molar-refractivity contribution in [2.45, 2.75) is 31.1 Å². The SMILES string of the molecule is COc1ccc(N2CCOCC2)cc1NC1N=CC(Br)=CN1Nc1ccccc1S(=O)(=O)NC(C)C. The van der Waals surface area contributed by atoms with Gasteiger partial charge in [-0.25, -0.2) is 18.1 Å². The van der Waals surface area contributed by atoms with Crippen LogP contribution in [0.25, 0.3) is 0 Å². The van der Waals surface area contributed by atoms with Crippen LogP contribution in [-0.4, -0.2) is 65.4 Å². The maximum atomic E-state index is 12.9. The number of anilines is 3. The molecule has 2 heterocycles. The molecule has 0 amide bonds. The van der Waals surface area contributed by atoms with Gasteiger partial charge in [0.25, 0.3) is 0 Å². The number of aliphatic imine (C=N–C) groups is 1. The molecule has 0 spiro atoms. The summed E-state index contributed by atoms with van der Waals surface area (Å²) in [6.07, 6.45) is 2.90. The highest BCUT2D eigenvalue weighted by atomic mass is 79.9. The van der Waals surface area contributed by atoms with E-state index in [1.54, 1.807) is 62.6 Å². The smallest absolute Gasteiger partial charge is 0.242 e. The lowest BCUT2D eigenvalue weighted by Crippen LogP contribution is -2.42. The van der Waals surface area contributed by atoms with E-state index >= 15 is 0 Å². The molecule has 0 saturated carbocycles. The van der Waals surface area contributed by atoms with E-state index < -0.39 is 16.3 Å². The molecule has 0 radical (unpaired) electrons. The van der Waals surface area contributed by atoms with Crippen molar-refractivity contribution in [3.63, 3.8) is 0 Å². The molecule has 194 valence electrons. The molecule has 10 nitrogen and oxygen atoms in total. The predicted molar refractivity (Wildman–Crippen MR) is 146 cm³/mol. The Hall–Kier alpha value is -2.80. The molecule has 0 aromatic heterocycles. The van der Waals surface area contributed by atoms with E-state index in [4.69, 9.17) is 9.47 Å². The summed E-state index contributed by atoms with van der Waals surface area (Å²) in [7, 11) is -2.11. The molecule has 1 unspecified atom stereocenters. The van der Waals surface area contributed by atoms with Crippen LogP contribution in [0, 0.1) is 0 Å². The first kappa shape index (κ1) is 26.3. The molecule has 0 bridgehead atoms. The lowest BCUT2D eigenvalue weighted by molar-refractivity contribution is 0.122. The summed E-state index contributed by atoms with van der Waals surface area (Å²) in [4.78, 5) is 7.00. The highest BCUT2D eigenvalue weighted by molar-refractivity contribution is 9.12. The van der Waals surface area contributed by atoms with Gasteiger partial charge >= 0.3 is 0 Å². The molecule has 2 aliphatic rings. The molecule has 36 heavy (non-hydrogen) atoms. The van der Waals surface area contributed by atoms with Gasteiger partial charge in [-0.3, -0.25) is 10.4 Å². The standard InChI is InChI=1S/C24H31BrN6O4S/c1-17(2)29-36(32,33)23-7-5-4-6-20(23)28-31-16-18(25)15-26-24(31)27-21-14-19(8-9-22(21)34-3)30-10-12-35-13-11-30/h4-9,14-17,24,27-29H,10-13H2,1-3H3. The second-order valence-electron chi connectivity index (χ2n) is 8.59. The van der Waals surface area contributed by atoms with Gasteiger partial charge in [0.1, 0.15) is 10.6 Å². The van der Waals surface area contributed by atoms with Gasteiger partial charge in [0.05, 0.1) is 36.2 Å². The van der Waals surface area contributed by atoms with Gasteiger partial charge in [-0.1, -0.05) is 12.1 Å². The first-order valence-corrected chi connectivity index (χ1v) is 13.9. The molecule has 12 heteroatoms. The first-order valence-electron chi connectivity index (χ1n) is 11.6. The van der Waals surface area contributed by atoms with Crippen molar-refractivity contribution in [1.29, 1.82) is 0 Å². The van der Waals surface area contributed by atoms with Crippen molar-refractivity contribution < 1.29 is 17.9 Å². The summed E-state index contributed by atoms with van der Waals surface area (Å²) >= 11 is 3.47. The van der Waals surface area contributed by atoms with Crippen molar-refractivity contribution in [3.8, 4) is 5.75 Å². The molecule has 2 aliphatic heterocycles. The number of sulfonamides is 1. The Bertz CT molecular complexity index is 1230. The van der Waals surface area contributed by atoms with Crippen molar-refractivity contribution >= 4 is 49.2 Å². The van der Waals surface area contributed by atoms with Crippen molar-refractivity contribution in [1.82, 2.24) is 9.73 Å². The molecule has 1 atom stereocenters. The Morgan fingerprint density at radius 2 is 1.89 bits per heavy atom. The number of hydrazine groups is 1. The molecule has 2 aromatic rings. The van der Waals surface area contributed by atoms with E-state index in [2.05, 4.69) is 41.3 Å². The van der Waals surface area contributed by atoms with Crippen LogP contribution in [0.4, 0.5) is 17.1 Å². The average molecular weight is 580 g/mol. The zero-order chi connectivity index (χ0) is 25.7. The number of nitrogens with one attached hydrogen (secondary N) is 3. The van der Waals surface area contributed by atoms with Gasteiger partial charge < -0.3 is 19.7 Å². The first-order chi connectivity index (χ1) is 17.3. The number of hydrogen-bond acceptors (Lipinski definition) is 9. The monoisotopic (exact) mass is 578 g/mol. The summed E-state index contributed by atoms with van der Waals surface area (Å²) in [5, 5.41) is 5.12. The van der Waals surface area contributed by atoms with Crippen LogP contribution in [0.1, 0.15) is 13.8 Å². The minimum Gasteiger partial charge on any atom is -0.495 e. The predicted octanol–water partition coefficient (Wildman–Crippen LogP) is 3.56.